The Bertz CT molecular complexity index is 899. The molecule has 0 N–H and O–H groups in total. The van der Waals surface area contributed by atoms with Crippen molar-refractivity contribution in [3.05, 3.63) is 63.9 Å². The maximum Gasteiger partial charge on any atom is 0.308 e. The number of carbonyl (C=O) groups is 2. The number of halogens is 2. The van der Waals surface area contributed by atoms with Gasteiger partial charge in [0.25, 0.3) is 0 Å². The van der Waals surface area contributed by atoms with Gasteiger partial charge in [-0.25, -0.2) is 4.39 Å². The summed E-state index contributed by atoms with van der Waals surface area (Å²) in [5.41, 5.74) is 0.967. The quantitative estimate of drug-likeness (QED) is 0.559. The zero-order chi connectivity index (χ0) is 18.8. The molecule has 0 fully saturated rings. The van der Waals surface area contributed by atoms with E-state index in [2.05, 4.69) is 21.0 Å². The molecular formula is C18H14BrFN2O4. The van der Waals surface area contributed by atoms with Crippen LogP contribution in [0.2, 0.25) is 0 Å². The van der Waals surface area contributed by atoms with Crippen LogP contribution in [0.15, 0.2) is 52.0 Å². The Morgan fingerprint density at radius 2 is 1.88 bits per heavy atom. The number of hydrogen-bond donors (Lipinski definition) is 0. The normalized spacial score (nSPS) is 16.1. The number of rotatable bonds is 3. The average Bonchev–Trinajstić information content (AvgIpc) is 3.02. The Labute approximate surface area is 157 Å². The Hall–Kier alpha value is -2.74. The molecule has 3 rings (SSSR count). The van der Waals surface area contributed by atoms with E-state index in [4.69, 9.17) is 9.47 Å². The maximum absolute atomic E-state index is 13.2. The van der Waals surface area contributed by atoms with Crippen LogP contribution in [-0.2, 0) is 14.3 Å². The van der Waals surface area contributed by atoms with Gasteiger partial charge in [0.1, 0.15) is 11.6 Å². The lowest BCUT2D eigenvalue weighted by Crippen LogP contribution is -2.25. The molecule has 0 aromatic heterocycles. The van der Waals surface area contributed by atoms with Gasteiger partial charge < -0.3 is 9.47 Å². The summed E-state index contributed by atoms with van der Waals surface area (Å²) in [5.74, 6) is -0.870. The van der Waals surface area contributed by atoms with E-state index >= 15 is 0 Å². The van der Waals surface area contributed by atoms with Crippen molar-refractivity contribution in [2.24, 2.45) is 5.10 Å². The van der Waals surface area contributed by atoms with E-state index in [-0.39, 0.29) is 17.6 Å². The van der Waals surface area contributed by atoms with Crippen LogP contribution >= 0.6 is 15.9 Å². The van der Waals surface area contributed by atoms with Crippen molar-refractivity contribution in [3.8, 4) is 5.75 Å². The molecular weight excluding hydrogens is 407 g/mol. The highest BCUT2D eigenvalue weighted by Gasteiger charge is 2.34. The summed E-state index contributed by atoms with van der Waals surface area (Å²) in [6.45, 7) is 2.63. The summed E-state index contributed by atoms with van der Waals surface area (Å²) in [6, 6.07) is 10.6. The van der Waals surface area contributed by atoms with Crippen molar-refractivity contribution >= 4 is 33.7 Å². The minimum absolute atomic E-state index is 0.118. The fraction of sp³-hybridized carbons (Fsp3) is 0.167. The Kier molecular flexibility index (Phi) is 5.03. The highest BCUT2D eigenvalue weighted by molar-refractivity contribution is 9.10. The number of amides is 1. The molecule has 0 aliphatic carbocycles. The molecule has 2 aromatic rings. The van der Waals surface area contributed by atoms with Crippen LogP contribution < -0.4 is 4.74 Å². The third-order valence-corrected chi connectivity index (χ3v) is 4.04. The number of hydrogen-bond acceptors (Lipinski definition) is 5. The standard InChI is InChI=1S/C18H14BrFN2O4/c1-10(23)22-18(12-3-6-14(20)7-4-12)26-17(21-22)15-9-13(19)5-8-16(15)25-11(2)24/h3-9,18H,1-2H3. The molecule has 0 saturated heterocycles. The van der Waals surface area contributed by atoms with Crippen molar-refractivity contribution in [2.75, 3.05) is 0 Å². The summed E-state index contributed by atoms with van der Waals surface area (Å²) in [5, 5.41) is 5.37. The number of benzene rings is 2. The minimum Gasteiger partial charge on any atom is -0.446 e. The van der Waals surface area contributed by atoms with Gasteiger partial charge >= 0.3 is 5.97 Å². The van der Waals surface area contributed by atoms with Gasteiger partial charge in [0.05, 0.1) is 5.56 Å². The van der Waals surface area contributed by atoms with Gasteiger partial charge in [-0.15, -0.1) is 5.10 Å². The monoisotopic (exact) mass is 420 g/mol. The van der Waals surface area contributed by atoms with Crippen LogP contribution in [0, 0.1) is 5.82 Å². The third kappa shape index (κ3) is 3.75. The molecule has 1 atom stereocenters. The lowest BCUT2D eigenvalue weighted by Gasteiger charge is -2.19. The van der Waals surface area contributed by atoms with Gasteiger partial charge in [-0.05, 0) is 30.3 Å². The molecule has 1 unspecified atom stereocenters. The maximum atomic E-state index is 13.2. The van der Waals surface area contributed by atoms with Crippen LogP contribution in [0.1, 0.15) is 31.2 Å². The predicted octanol–water partition coefficient (Wildman–Crippen LogP) is 3.75. The van der Waals surface area contributed by atoms with Crippen molar-refractivity contribution in [1.29, 1.82) is 0 Å². The fourth-order valence-corrected chi connectivity index (χ4v) is 2.79. The summed E-state index contributed by atoms with van der Waals surface area (Å²) >= 11 is 3.35. The van der Waals surface area contributed by atoms with Crippen LogP contribution in [0.25, 0.3) is 0 Å². The molecule has 2 aromatic carbocycles. The van der Waals surface area contributed by atoms with Gasteiger partial charge in [-0.2, -0.15) is 5.01 Å². The van der Waals surface area contributed by atoms with Crippen LogP contribution in [0.5, 0.6) is 5.75 Å². The predicted molar refractivity (Wildman–Crippen MR) is 94.7 cm³/mol. The summed E-state index contributed by atoms with van der Waals surface area (Å²) in [7, 11) is 0. The highest BCUT2D eigenvalue weighted by atomic mass is 79.9. The Morgan fingerprint density at radius 3 is 2.50 bits per heavy atom. The first kappa shape index (κ1) is 18.1. The number of ether oxygens (including phenoxy) is 2. The topological polar surface area (TPSA) is 68.2 Å². The van der Waals surface area contributed by atoms with Crippen molar-refractivity contribution in [2.45, 2.75) is 20.1 Å². The molecule has 1 aliphatic rings. The van der Waals surface area contributed by atoms with Gasteiger partial charge in [0.2, 0.25) is 18.0 Å². The summed E-state index contributed by atoms with van der Waals surface area (Å²) in [6.07, 6.45) is -0.841. The zero-order valence-corrected chi connectivity index (χ0v) is 15.5. The molecule has 26 heavy (non-hydrogen) atoms. The van der Waals surface area contributed by atoms with Crippen molar-refractivity contribution < 1.29 is 23.5 Å². The molecule has 6 nitrogen and oxygen atoms in total. The van der Waals surface area contributed by atoms with E-state index in [1.54, 1.807) is 18.2 Å². The SMILES string of the molecule is CC(=O)Oc1ccc(Br)cc1C1=NN(C(C)=O)C(c2ccc(F)cc2)O1. The van der Waals surface area contributed by atoms with E-state index in [0.29, 0.717) is 15.6 Å². The molecule has 0 spiro atoms. The molecule has 1 amide bonds. The number of carbonyl (C=O) groups excluding carboxylic acids is 2. The minimum atomic E-state index is -0.841. The van der Waals surface area contributed by atoms with E-state index in [9.17, 15) is 14.0 Å². The van der Waals surface area contributed by atoms with Gasteiger partial charge in [0.15, 0.2) is 0 Å². The molecule has 0 radical (unpaired) electrons. The Balaban J connectivity index is 2.00. The fourth-order valence-electron chi connectivity index (χ4n) is 2.43. The van der Waals surface area contributed by atoms with Crippen LogP contribution in [-0.4, -0.2) is 22.8 Å². The largest absolute Gasteiger partial charge is 0.446 e. The lowest BCUT2D eigenvalue weighted by molar-refractivity contribution is -0.135. The zero-order valence-electron chi connectivity index (χ0n) is 13.9. The van der Waals surface area contributed by atoms with Gasteiger partial charge in [-0.3, -0.25) is 9.59 Å². The molecule has 0 saturated carbocycles. The number of nitrogens with zero attached hydrogens (tertiary/aromatic N) is 2. The van der Waals surface area contributed by atoms with Crippen LogP contribution in [0.4, 0.5) is 4.39 Å². The van der Waals surface area contributed by atoms with Crippen LogP contribution in [0.3, 0.4) is 0 Å². The summed E-state index contributed by atoms with van der Waals surface area (Å²) < 4.78 is 24.9. The van der Waals surface area contributed by atoms with E-state index in [0.717, 1.165) is 5.01 Å². The number of hydrazone groups is 1. The van der Waals surface area contributed by atoms with Crippen molar-refractivity contribution in [3.63, 3.8) is 0 Å². The van der Waals surface area contributed by atoms with E-state index in [1.165, 1.54) is 38.1 Å². The first-order valence-corrected chi connectivity index (χ1v) is 8.43. The smallest absolute Gasteiger partial charge is 0.308 e. The number of esters is 1. The molecule has 134 valence electrons. The third-order valence-electron chi connectivity index (χ3n) is 3.55. The van der Waals surface area contributed by atoms with E-state index in [1.807, 2.05) is 0 Å². The Morgan fingerprint density at radius 1 is 1.19 bits per heavy atom. The second-order valence-corrected chi connectivity index (χ2v) is 6.44. The van der Waals surface area contributed by atoms with Crippen molar-refractivity contribution in [1.82, 2.24) is 5.01 Å². The molecule has 1 heterocycles. The first-order valence-electron chi connectivity index (χ1n) is 7.64. The van der Waals surface area contributed by atoms with Gasteiger partial charge in [0, 0.05) is 23.9 Å². The second kappa shape index (κ2) is 7.25. The van der Waals surface area contributed by atoms with E-state index < -0.39 is 18.0 Å². The molecule has 1 aliphatic heterocycles. The second-order valence-electron chi connectivity index (χ2n) is 5.52. The average molecular weight is 421 g/mol. The van der Waals surface area contributed by atoms with Gasteiger partial charge in [-0.1, -0.05) is 28.1 Å². The molecule has 8 heteroatoms. The summed E-state index contributed by atoms with van der Waals surface area (Å²) in [4.78, 5) is 23.3. The highest BCUT2D eigenvalue weighted by Crippen LogP contribution is 2.34. The first-order chi connectivity index (χ1) is 12.3. The molecule has 0 bridgehead atoms. The lowest BCUT2D eigenvalue weighted by atomic mass is 10.2.